The molecule has 0 saturated heterocycles. The van der Waals surface area contributed by atoms with Crippen LogP contribution in [0.2, 0.25) is 0 Å². The van der Waals surface area contributed by atoms with Crippen LogP contribution in [-0.2, 0) is 11.2 Å². The second kappa shape index (κ2) is 6.98. The third-order valence-corrected chi connectivity index (χ3v) is 3.99. The molecule has 0 bridgehead atoms. The fourth-order valence-corrected chi connectivity index (χ4v) is 2.52. The largest absolute Gasteiger partial charge is 0.480 e. The molecular weight excluding hydrogens is 302 g/mol. The van der Waals surface area contributed by atoms with Gasteiger partial charge in [-0.15, -0.1) is 0 Å². The number of carboxylic acids is 1. The highest BCUT2D eigenvalue weighted by atomic mass is 32.2. The zero-order chi connectivity index (χ0) is 16.0. The van der Waals surface area contributed by atoms with Crippen LogP contribution >= 0.6 is 11.8 Å². The summed E-state index contributed by atoms with van der Waals surface area (Å²) < 4.78 is 0. The molecule has 3 N–H and O–H groups in total. The van der Waals surface area contributed by atoms with Crippen molar-refractivity contribution in [1.82, 2.24) is 15.0 Å². The van der Waals surface area contributed by atoms with Gasteiger partial charge in [-0.05, 0) is 12.1 Å². The Morgan fingerprint density at radius 3 is 2.64 bits per heavy atom. The molecule has 0 aliphatic carbocycles. The van der Waals surface area contributed by atoms with Crippen LogP contribution in [0.25, 0.3) is 0 Å². The topological polar surface area (TPSA) is 126 Å². The van der Waals surface area contributed by atoms with Gasteiger partial charge >= 0.3 is 5.97 Å². The monoisotopic (exact) mass is 315 g/mol. The molecule has 0 aromatic carbocycles. The molecular formula is C14H13N5O2S. The van der Waals surface area contributed by atoms with Crippen molar-refractivity contribution in [3.8, 4) is 6.07 Å². The number of hydrogen-bond acceptors (Lipinski definition) is 7. The molecule has 2 aromatic rings. The van der Waals surface area contributed by atoms with Gasteiger partial charge in [0, 0.05) is 36.5 Å². The van der Waals surface area contributed by atoms with Crippen molar-refractivity contribution in [1.29, 1.82) is 5.26 Å². The predicted molar refractivity (Wildman–Crippen MR) is 80.0 cm³/mol. The number of hydrogen-bond donors (Lipinski definition) is 2. The minimum absolute atomic E-state index is 0.0881. The number of rotatable bonds is 6. The van der Waals surface area contributed by atoms with E-state index in [2.05, 4.69) is 15.0 Å². The van der Waals surface area contributed by atoms with Gasteiger partial charge in [-0.3, -0.25) is 9.78 Å². The van der Waals surface area contributed by atoms with Crippen molar-refractivity contribution in [2.45, 2.75) is 17.1 Å². The lowest BCUT2D eigenvalue weighted by Crippen LogP contribution is -2.52. The van der Waals surface area contributed by atoms with E-state index in [1.165, 1.54) is 12.4 Å². The lowest BCUT2D eigenvalue weighted by molar-refractivity contribution is -0.142. The van der Waals surface area contributed by atoms with E-state index in [0.717, 1.165) is 11.8 Å². The summed E-state index contributed by atoms with van der Waals surface area (Å²) in [4.78, 5) is 23.6. The highest BCUT2D eigenvalue weighted by Crippen LogP contribution is 2.21. The molecule has 0 saturated carbocycles. The van der Waals surface area contributed by atoms with Gasteiger partial charge in [-0.1, -0.05) is 17.8 Å². The molecule has 1 unspecified atom stereocenters. The molecule has 7 nitrogen and oxygen atoms in total. The minimum atomic E-state index is -1.48. The zero-order valence-electron chi connectivity index (χ0n) is 11.5. The lowest BCUT2D eigenvalue weighted by Gasteiger charge is -2.23. The van der Waals surface area contributed by atoms with Gasteiger partial charge in [-0.25, -0.2) is 9.97 Å². The molecule has 0 amide bonds. The van der Waals surface area contributed by atoms with Crippen LogP contribution in [0.3, 0.4) is 0 Å². The highest BCUT2D eigenvalue weighted by Gasteiger charge is 2.35. The average molecular weight is 315 g/mol. The molecule has 2 heterocycles. The number of aliphatic carboxylic acids is 1. The zero-order valence-corrected chi connectivity index (χ0v) is 12.3. The van der Waals surface area contributed by atoms with Crippen molar-refractivity contribution in [3.05, 3.63) is 48.0 Å². The van der Waals surface area contributed by atoms with E-state index in [9.17, 15) is 9.90 Å². The van der Waals surface area contributed by atoms with E-state index in [-0.39, 0.29) is 12.2 Å². The fourth-order valence-electron chi connectivity index (χ4n) is 1.66. The number of thioether (sulfide) groups is 1. The SMILES string of the molecule is N#Cc1cnc(SCC(N)(Cc2ccccn2)C(=O)O)nc1. The minimum Gasteiger partial charge on any atom is -0.480 e. The summed E-state index contributed by atoms with van der Waals surface area (Å²) >= 11 is 1.13. The number of pyridine rings is 1. The smallest absolute Gasteiger partial charge is 0.324 e. The van der Waals surface area contributed by atoms with Crippen LogP contribution in [0.5, 0.6) is 0 Å². The summed E-state index contributed by atoms with van der Waals surface area (Å²) in [5.74, 6) is -1.02. The summed E-state index contributed by atoms with van der Waals surface area (Å²) in [6.07, 6.45) is 4.46. The Morgan fingerprint density at radius 1 is 1.36 bits per heavy atom. The number of aromatic nitrogens is 3. The van der Waals surface area contributed by atoms with E-state index in [0.29, 0.717) is 16.4 Å². The highest BCUT2D eigenvalue weighted by molar-refractivity contribution is 7.99. The van der Waals surface area contributed by atoms with E-state index < -0.39 is 11.5 Å². The van der Waals surface area contributed by atoms with Crippen molar-refractivity contribution in [3.63, 3.8) is 0 Å². The number of nitrogens with two attached hydrogens (primary N) is 1. The predicted octanol–water partition coefficient (Wildman–Crippen LogP) is 0.860. The number of carboxylic acid groups (broad SMARTS) is 1. The van der Waals surface area contributed by atoms with Gasteiger partial charge in [0.05, 0.1) is 5.56 Å². The van der Waals surface area contributed by atoms with Gasteiger partial charge in [0.15, 0.2) is 5.16 Å². The first-order valence-corrected chi connectivity index (χ1v) is 7.29. The maximum atomic E-state index is 11.5. The molecule has 2 aromatic heterocycles. The van der Waals surface area contributed by atoms with E-state index in [4.69, 9.17) is 11.0 Å². The third-order valence-electron chi connectivity index (χ3n) is 2.86. The molecule has 0 radical (unpaired) electrons. The number of nitriles is 1. The van der Waals surface area contributed by atoms with Crippen molar-refractivity contribution in [2.75, 3.05) is 5.75 Å². The molecule has 0 fully saturated rings. The lowest BCUT2D eigenvalue weighted by atomic mass is 9.97. The van der Waals surface area contributed by atoms with Crippen LogP contribution in [0.15, 0.2) is 41.9 Å². The molecule has 0 aliphatic heterocycles. The first kappa shape index (κ1) is 15.9. The maximum Gasteiger partial charge on any atom is 0.324 e. The van der Waals surface area contributed by atoms with Crippen molar-refractivity contribution < 1.29 is 9.90 Å². The van der Waals surface area contributed by atoms with Gasteiger partial charge in [0.25, 0.3) is 0 Å². The Bertz CT molecular complexity index is 687. The summed E-state index contributed by atoms with van der Waals surface area (Å²) in [6.45, 7) is 0. The first-order valence-electron chi connectivity index (χ1n) is 6.30. The second-order valence-electron chi connectivity index (χ2n) is 4.61. The molecule has 22 heavy (non-hydrogen) atoms. The molecule has 1 atom stereocenters. The Balaban J connectivity index is 2.07. The number of nitrogens with zero attached hydrogens (tertiary/aromatic N) is 4. The Kier molecular flexibility index (Phi) is 5.04. The molecule has 0 spiro atoms. The molecule has 0 aliphatic rings. The van der Waals surface area contributed by atoms with Crippen LogP contribution in [-0.4, -0.2) is 37.3 Å². The Hall–Kier alpha value is -2.50. The average Bonchev–Trinajstić information content (AvgIpc) is 2.54. The maximum absolute atomic E-state index is 11.5. The quantitative estimate of drug-likeness (QED) is 0.593. The normalized spacial score (nSPS) is 13.1. The summed E-state index contributed by atoms with van der Waals surface area (Å²) in [7, 11) is 0. The summed E-state index contributed by atoms with van der Waals surface area (Å²) in [6, 6.07) is 7.18. The van der Waals surface area contributed by atoms with E-state index in [1.807, 2.05) is 6.07 Å². The van der Waals surface area contributed by atoms with Crippen LogP contribution in [0.4, 0.5) is 0 Å². The summed E-state index contributed by atoms with van der Waals surface area (Å²) in [5.41, 5.74) is 5.48. The van der Waals surface area contributed by atoms with Crippen LogP contribution in [0, 0.1) is 11.3 Å². The first-order chi connectivity index (χ1) is 10.5. The van der Waals surface area contributed by atoms with Gasteiger partial charge in [-0.2, -0.15) is 5.26 Å². The van der Waals surface area contributed by atoms with Crippen LogP contribution in [0.1, 0.15) is 11.3 Å². The fraction of sp³-hybridized carbons (Fsp3) is 0.214. The molecule has 112 valence electrons. The van der Waals surface area contributed by atoms with Crippen molar-refractivity contribution in [2.24, 2.45) is 5.73 Å². The second-order valence-corrected chi connectivity index (χ2v) is 5.56. The Labute approximate surface area is 131 Å². The summed E-state index contributed by atoms with van der Waals surface area (Å²) in [5, 5.41) is 18.5. The van der Waals surface area contributed by atoms with Gasteiger partial charge < -0.3 is 10.8 Å². The van der Waals surface area contributed by atoms with E-state index in [1.54, 1.807) is 24.4 Å². The van der Waals surface area contributed by atoms with Crippen molar-refractivity contribution >= 4 is 17.7 Å². The van der Waals surface area contributed by atoms with Gasteiger partial charge in [0.2, 0.25) is 0 Å². The number of carbonyl (C=O) groups is 1. The Morgan fingerprint density at radius 2 is 2.09 bits per heavy atom. The standard InChI is InChI=1S/C14H13N5O2S/c15-6-10-7-18-13(19-8-10)22-9-14(16,12(20)21)5-11-3-1-2-4-17-11/h1-4,7-8H,5,9,16H2,(H,20,21). The van der Waals surface area contributed by atoms with E-state index >= 15 is 0 Å². The van der Waals surface area contributed by atoms with Gasteiger partial charge in [0.1, 0.15) is 11.6 Å². The third kappa shape index (κ3) is 4.00. The van der Waals surface area contributed by atoms with Crippen LogP contribution < -0.4 is 5.73 Å². The molecule has 2 rings (SSSR count). The molecule has 8 heteroatoms.